The standard InChI is InChI=1S/C23H47P/c1-2-3-4-5-6-7-8-9-10-11-12-13-14-15-16-17-18-19-20-21-22-23-24/h2-23H2,1H3. The van der Waals surface area contributed by atoms with Crippen molar-refractivity contribution in [1.29, 1.82) is 0 Å². The fourth-order valence-corrected chi connectivity index (χ4v) is 3.77. The maximum Gasteiger partial charge on any atom is -0.0242 e. The maximum atomic E-state index is 4.26. The molecule has 144 valence electrons. The van der Waals surface area contributed by atoms with E-state index in [0.29, 0.717) is 0 Å². The maximum absolute atomic E-state index is 4.26. The SMILES string of the molecule is CCCCCCCCCCCCCCCCCCCCCCC[P]. The van der Waals surface area contributed by atoms with E-state index in [9.17, 15) is 0 Å². The molecule has 0 amide bonds. The quantitative estimate of drug-likeness (QED) is 0.142. The predicted octanol–water partition coefficient (Wildman–Crippen LogP) is 9.61. The molecule has 0 spiro atoms. The number of hydrogen-bond donors (Lipinski definition) is 0. The molecule has 0 saturated heterocycles. The lowest BCUT2D eigenvalue weighted by Crippen LogP contribution is -1.84. The van der Waals surface area contributed by atoms with Crippen LogP contribution in [0.5, 0.6) is 0 Å². The average Bonchev–Trinajstić information content (AvgIpc) is 2.60. The molecule has 0 atom stereocenters. The van der Waals surface area contributed by atoms with Crippen LogP contribution < -0.4 is 0 Å². The first-order valence-electron chi connectivity index (χ1n) is 11.5. The van der Waals surface area contributed by atoms with Gasteiger partial charge in [0, 0.05) is 0 Å². The second-order valence-corrected chi connectivity index (χ2v) is 8.24. The van der Waals surface area contributed by atoms with Gasteiger partial charge in [-0.15, -0.1) is 0 Å². The molecule has 1 heteroatoms. The minimum Gasteiger partial charge on any atom is -0.0654 e. The second kappa shape index (κ2) is 23.4. The molecule has 0 nitrogen and oxygen atoms in total. The molecule has 0 heterocycles. The summed E-state index contributed by atoms with van der Waals surface area (Å²) in [5.41, 5.74) is 0. The largest absolute Gasteiger partial charge is 0.0654 e. The molecule has 0 N–H and O–H groups in total. The predicted molar refractivity (Wildman–Crippen MR) is 114 cm³/mol. The van der Waals surface area contributed by atoms with E-state index in [1.807, 2.05) is 0 Å². The Morgan fingerprint density at radius 2 is 0.542 bits per heavy atom. The van der Waals surface area contributed by atoms with E-state index < -0.39 is 0 Å². The van der Waals surface area contributed by atoms with Gasteiger partial charge in [-0.2, -0.15) is 0 Å². The molecule has 0 aliphatic heterocycles. The van der Waals surface area contributed by atoms with Crippen molar-refractivity contribution in [3.05, 3.63) is 0 Å². The molecular formula is C23H47P. The van der Waals surface area contributed by atoms with Gasteiger partial charge in [0.1, 0.15) is 0 Å². The van der Waals surface area contributed by atoms with Gasteiger partial charge in [0.05, 0.1) is 0 Å². The third-order valence-corrected chi connectivity index (χ3v) is 5.58. The first kappa shape index (κ1) is 24.4. The number of rotatable bonds is 21. The molecule has 0 aromatic rings. The summed E-state index contributed by atoms with van der Waals surface area (Å²) in [7, 11) is 4.26. The smallest absolute Gasteiger partial charge is 0.0242 e. The van der Waals surface area contributed by atoms with Crippen LogP contribution >= 0.6 is 9.24 Å². The van der Waals surface area contributed by atoms with Crippen molar-refractivity contribution in [3.8, 4) is 0 Å². The zero-order valence-electron chi connectivity index (χ0n) is 17.0. The Balaban J connectivity index is 2.93. The van der Waals surface area contributed by atoms with Crippen LogP contribution in [0.1, 0.15) is 142 Å². The summed E-state index contributed by atoms with van der Waals surface area (Å²) in [6, 6.07) is 0. The van der Waals surface area contributed by atoms with Crippen molar-refractivity contribution in [2.24, 2.45) is 0 Å². The summed E-state index contributed by atoms with van der Waals surface area (Å²) < 4.78 is 0. The van der Waals surface area contributed by atoms with Crippen LogP contribution in [0.2, 0.25) is 0 Å². The second-order valence-electron chi connectivity index (χ2n) is 7.79. The molecule has 2 radical (unpaired) electrons. The molecule has 0 aliphatic rings. The van der Waals surface area contributed by atoms with Crippen molar-refractivity contribution >= 4 is 9.24 Å². The van der Waals surface area contributed by atoms with Gasteiger partial charge in [-0.25, -0.2) is 0 Å². The lowest BCUT2D eigenvalue weighted by Gasteiger charge is -2.04. The Bertz CT molecular complexity index is 180. The molecule has 0 saturated carbocycles. The van der Waals surface area contributed by atoms with Gasteiger partial charge in [-0.1, -0.05) is 135 Å². The first-order chi connectivity index (χ1) is 11.9. The third kappa shape index (κ3) is 22.4. The molecule has 0 fully saturated rings. The van der Waals surface area contributed by atoms with Crippen molar-refractivity contribution in [1.82, 2.24) is 0 Å². The van der Waals surface area contributed by atoms with E-state index in [-0.39, 0.29) is 0 Å². The van der Waals surface area contributed by atoms with Crippen LogP contribution in [0.4, 0.5) is 0 Å². The summed E-state index contributed by atoms with van der Waals surface area (Å²) >= 11 is 0. The number of unbranched alkanes of at least 4 members (excludes halogenated alkanes) is 20. The minimum absolute atomic E-state index is 1.07. The Morgan fingerprint density at radius 3 is 0.750 bits per heavy atom. The van der Waals surface area contributed by atoms with Gasteiger partial charge >= 0.3 is 0 Å². The summed E-state index contributed by atoms with van der Waals surface area (Å²) in [5.74, 6) is 0. The molecule has 0 aromatic heterocycles. The highest BCUT2D eigenvalue weighted by atomic mass is 31.0. The zero-order valence-corrected chi connectivity index (χ0v) is 17.9. The molecule has 0 unspecified atom stereocenters. The van der Waals surface area contributed by atoms with Crippen LogP contribution in [0.3, 0.4) is 0 Å². The first-order valence-corrected chi connectivity index (χ1v) is 12.2. The summed E-state index contributed by atoms with van der Waals surface area (Å²) in [4.78, 5) is 0. The van der Waals surface area contributed by atoms with E-state index in [1.54, 1.807) is 0 Å². The summed E-state index contributed by atoms with van der Waals surface area (Å²) in [5, 5.41) is 0. The molecule has 0 rings (SSSR count). The van der Waals surface area contributed by atoms with Crippen molar-refractivity contribution < 1.29 is 0 Å². The highest BCUT2D eigenvalue weighted by Crippen LogP contribution is 2.15. The van der Waals surface area contributed by atoms with E-state index >= 15 is 0 Å². The molecule has 0 aromatic carbocycles. The summed E-state index contributed by atoms with van der Waals surface area (Å²) in [6.07, 6.45) is 31.7. The molecule has 24 heavy (non-hydrogen) atoms. The van der Waals surface area contributed by atoms with Crippen molar-refractivity contribution in [3.63, 3.8) is 0 Å². The minimum atomic E-state index is 1.07. The normalized spacial score (nSPS) is 11.2. The van der Waals surface area contributed by atoms with E-state index in [0.717, 1.165) is 6.16 Å². The topological polar surface area (TPSA) is 0 Å². The number of hydrogen-bond acceptors (Lipinski definition) is 0. The lowest BCUT2D eigenvalue weighted by molar-refractivity contribution is 0.521. The van der Waals surface area contributed by atoms with Gasteiger partial charge in [0.25, 0.3) is 0 Å². The van der Waals surface area contributed by atoms with Gasteiger partial charge in [0.2, 0.25) is 0 Å². The van der Waals surface area contributed by atoms with Crippen molar-refractivity contribution in [2.75, 3.05) is 6.16 Å². The monoisotopic (exact) mass is 354 g/mol. The Kier molecular flexibility index (Phi) is 23.8. The zero-order chi connectivity index (χ0) is 17.6. The van der Waals surface area contributed by atoms with Crippen LogP contribution in [0, 0.1) is 0 Å². The van der Waals surface area contributed by atoms with E-state index in [4.69, 9.17) is 0 Å². The van der Waals surface area contributed by atoms with Gasteiger partial charge in [-0.3, -0.25) is 0 Å². The van der Waals surface area contributed by atoms with Gasteiger partial charge in [0.15, 0.2) is 0 Å². The Hall–Kier alpha value is 0.430. The van der Waals surface area contributed by atoms with E-state index in [2.05, 4.69) is 16.2 Å². The van der Waals surface area contributed by atoms with Crippen LogP contribution in [-0.2, 0) is 0 Å². The average molecular weight is 355 g/mol. The fourth-order valence-electron chi connectivity index (χ4n) is 3.54. The van der Waals surface area contributed by atoms with Crippen molar-refractivity contribution in [2.45, 2.75) is 142 Å². The van der Waals surface area contributed by atoms with E-state index in [1.165, 1.54) is 135 Å². The fraction of sp³-hybridized carbons (Fsp3) is 1.00. The molecule has 0 bridgehead atoms. The highest BCUT2D eigenvalue weighted by molar-refractivity contribution is 7.16. The lowest BCUT2D eigenvalue weighted by atomic mass is 10.0. The third-order valence-electron chi connectivity index (χ3n) is 5.26. The van der Waals surface area contributed by atoms with Crippen LogP contribution in [0.15, 0.2) is 0 Å². The van der Waals surface area contributed by atoms with Gasteiger partial charge in [-0.05, 0) is 21.8 Å². The van der Waals surface area contributed by atoms with Gasteiger partial charge < -0.3 is 0 Å². The Morgan fingerprint density at radius 1 is 0.333 bits per heavy atom. The Labute approximate surface area is 157 Å². The molecular weight excluding hydrogens is 307 g/mol. The highest BCUT2D eigenvalue weighted by Gasteiger charge is 1.95. The van der Waals surface area contributed by atoms with Crippen LogP contribution in [0.25, 0.3) is 0 Å². The summed E-state index contributed by atoms with van der Waals surface area (Å²) in [6.45, 7) is 2.30. The molecule has 0 aliphatic carbocycles. The van der Waals surface area contributed by atoms with Crippen LogP contribution in [-0.4, -0.2) is 6.16 Å².